The van der Waals surface area contributed by atoms with Crippen LogP contribution in [-0.4, -0.2) is 38.7 Å². The van der Waals surface area contributed by atoms with Gasteiger partial charge in [-0.05, 0) is 53.6 Å². The van der Waals surface area contributed by atoms with Gasteiger partial charge in [0.25, 0.3) is 10.0 Å². The number of sulfonamides is 1. The lowest BCUT2D eigenvalue weighted by molar-refractivity contribution is -0.144. The third-order valence-electron chi connectivity index (χ3n) is 5.60. The van der Waals surface area contributed by atoms with E-state index in [4.69, 9.17) is 9.84 Å². The number of carboxylic acids is 1. The maximum absolute atomic E-state index is 14.4. The number of carboxylic acid groups (broad SMARTS) is 1. The maximum Gasteiger partial charge on any atom is 0.416 e. The van der Waals surface area contributed by atoms with Crippen LogP contribution in [-0.2, 0) is 32.2 Å². The smallest absolute Gasteiger partial charge is 0.416 e. The van der Waals surface area contributed by atoms with E-state index >= 15 is 0 Å². The van der Waals surface area contributed by atoms with E-state index in [0.717, 1.165) is 40.7 Å². The number of ether oxygens (including phenoxy) is 1. The zero-order valence-corrected chi connectivity index (χ0v) is 19.1. The summed E-state index contributed by atoms with van der Waals surface area (Å²) in [5.74, 6) is -2.77. The van der Waals surface area contributed by atoms with E-state index in [1.807, 2.05) is 0 Å². The van der Waals surface area contributed by atoms with Gasteiger partial charge in [-0.15, -0.1) is 0 Å². The first-order chi connectivity index (χ1) is 16.9. The largest absolute Gasteiger partial charge is 0.480 e. The molecule has 3 aromatic rings. The Morgan fingerprint density at radius 3 is 2.50 bits per heavy atom. The molecule has 0 aromatic heterocycles. The molecule has 0 saturated heterocycles. The number of hydrogen-bond acceptors (Lipinski definition) is 4. The summed E-state index contributed by atoms with van der Waals surface area (Å²) in [5.41, 5.74) is -0.773. The van der Waals surface area contributed by atoms with Gasteiger partial charge in [0.2, 0.25) is 0 Å². The van der Waals surface area contributed by atoms with E-state index in [1.165, 1.54) is 18.2 Å². The molecule has 6 nitrogen and oxygen atoms in total. The zero-order valence-electron chi connectivity index (χ0n) is 18.3. The maximum atomic E-state index is 14.4. The molecule has 1 aliphatic rings. The number of aliphatic carboxylic acids is 1. The predicted octanol–water partition coefficient (Wildman–Crippen LogP) is 4.87. The summed E-state index contributed by atoms with van der Waals surface area (Å²) in [4.78, 5) is 10.3. The van der Waals surface area contributed by atoms with Gasteiger partial charge in [0.05, 0.1) is 28.8 Å². The Labute approximate surface area is 202 Å². The number of anilines is 1. The Hall–Kier alpha value is -3.51. The summed E-state index contributed by atoms with van der Waals surface area (Å²) in [6, 6.07) is 10.1. The van der Waals surface area contributed by atoms with Gasteiger partial charge in [-0.2, -0.15) is 13.2 Å². The van der Waals surface area contributed by atoms with Crippen LogP contribution >= 0.6 is 0 Å². The molecule has 0 saturated carbocycles. The summed E-state index contributed by atoms with van der Waals surface area (Å²) in [6.07, 6.45) is -5.63. The monoisotopic (exact) mass is 527 g/mol. The summed E-state index contributed by atoms with van der Waals surface area (Å²) < 4.78 is 101. The normalized spacial score (nSPS) is 16.0. The lowest BCUT2D eigenvalue weighted by Crippen LogP contribution is -2.44. The molecule has 0 amide bonds. The van der Waals surface area contributed by atoms with Crippen molar-refractivity contribution in [1.29, 1.82) is 0 Å². The second-order valence-corrected chi connectivity index (χ2v) is 9.92. The summed E-state index contributed by atoms with van der Waals surface area (Å²) >= 11 is 0. The van der Waals surface area contributed by atoms with Crippen molar-refractivity contribution in [2.45, 2.75) is 23.6 Å². The predicted molar refractivity (Wildman–Crippen MR) is 119 cm³/mol. The molecule has 36 heavy (non-hydrogen) atoms. The summed E-state index contributed by atoms with van der Waals surface area (Å²) in [6.45, 7) is -1.13. The van der Waals surface area contributed by atoms with Crippen molar-refractivity contribution >= 4 is 21.7 Å². The molecule has 0 radical (unpaired) electrons. The second kappa shape index (κ2) is 9.51. The molecule has 1 aliphatic heterocycles. The van der Waals surface area contributed by atoms with Crippen LogP contribution in [0.5, 0.6) is 0 Å². The van der Waals surface area contributed by atoms with Crippen molar-refractivity contribution in [2.24, 2.45) is 0 Å². The third-order valence-corrected chi connectivity index (χ3v) is 7.38. The Balaban J connectivity index is 1.83. The van der Waals surface area contributed by atoms with Gasteiger partial charge >= 0.3 is 12.1 Å². The fourth-order valence-corrected chi connectivity index (χ4v) is 5.51. The van der Waals surface area contributed by atoms with Gasteiger partial charge in [-0.3, -0.25) is 4.31 Å². The van der Waals surface area contributed by atoms with Crippen molar-refractivity contribution in [1.82, 2.24) is 0 Å². The van der Waals surface area contributed by atoms with Crippen LogP contribution in [0.25, 0.3) is 11.1 Å². The van der Waals surface area contributed by atoms with Crippen LogP contribution in [0.3, 0.4) is 0 Å². The van der Waals surface area contributed by atoms with Crippen LogP contribution in [0.15, 0.2) is 65.6 Å². The van der Waals surface area contributed by atoms with Gasteiger partial charge < -0.3 is 9.84 Å². The van der Waals surface area contributed by atoms with Gasteiger partial charge in [-0.1, -0.05) is 18.2 Å². The summed E-state index contributed by atoms with van der Waals surface area (Å²) in [7, 11) is -4.61. The minimum atomic E-state index is -4.79. The third kappa shape index (κ3) is 5.19. The molecule has 1 heterocycles. The number of carbonyl (C=O) groups is 1. The zero-order chi connectivity index (χ0) is 26.3. The molecule has 0 aliphatic carbocycles. The molecule has 4 rings (SSSR count). The molecule has 0 spiro atoms. The van der Waals surface area contributed by atoms with Crippen LogP contribution in [0, 0.1) is 11.6 Å². The number of fused-ring (bicyclic) bond motifs is 1. The van der Waals surface area contributed by atoms with E-state index in [0.29, 0.717) is 11.6 Å². The van der Waals surface area contributed by atoms with Crippen molar-refractivity contribution < 1.29 is 45.0 Å². The van der Waals surface area contributed by atoms with Gasteiger partial charge in [0.15, 0.2) is 0 Å². The highest BCUT2D eigenvalue weighted by Crippen LogP contribution is 2.38. The van der Waals surface area contributed by atoms with E-state index in [-0.39, 0.29) is 23.2 Å². The molecule has 0 unspecified atom stereocenters. The first-order valence-corrected chi connectivity index (χ1v) is 11.9. The molecular formula is C24H18F5NO5S. The van der Waals surface area contributed by atoms with Crippen molar-refractivity contribution in [3.63, 3.8) is 0 Å². The lowest BCUT2D eigenvalue weighted by Gasteiger charge is -2.35. The van der Waals surface area contributed by atoms with Crippen molar-refractivity contribution in [3.05, 3.63) is 83.4 Å². The number of alkyl halides is 3. The van der Waals surface area contributed by atoms with Crippen molar-refractivity contribution in [3.8, 4) is 11.1 Å². The van der Waals surface area contributed by atoms with Gasteiger partial charge in [0, 0.05) is 12.0 Å². The first-order valence-electron chi connectivity index (χ1n) is 10.5. The minimum absolute atomic E-state index is 0.0312. The molecule has 190 valence electrons. The lowest BCUT2D eigenvalue weighted by atomic mass is 9.96. The molecule has 1 N–H and O–H groups in total. The molecular weight excluding hydrogens is 509 g/mol. The number of hydrogen-bond donors (Lipinski definition) is 1. The molecule has 1 atom stereocenters. The fourth-order valence-electron chi connectivity index (χ4n) is 3.94. The van der Waals surface area contributed by atoms with E-state index in [2.05, 4.69) is 0 Å². The number of nitrogens with zero attached hydrogens (tertiary/aromatic N) is 1. The SMILES string of the molecule is O=C(O)CO[C@@H]1Cc2ccc(-c3cc(F)ccc3F)cc2N(S(=O)(=O)c2cccc(C(F)(F)F)c2)C1. The number of rotatable bonds is 6. The average molecular weight is 527 g/mol. The highest BCUT2D eigenvalue weighted by Gasteiger charge is 2.37. The second-order valence-electron chi connectivity index (χ2n) is 8.06. The topological polar surface area (TPSA) is 83.9 Å². The quantitative estimate of drug-likeness (QED) is 0.463. The number of benzene rings is 3. The van der Waals surface area contributed by atoms with Gasteiger partial charge in [0.1, 0.15) is 18.2 Å². The molecule has 0 fully saturated rings. The van der Waals surface area contributed by atoms with E-state index in [1.54, 1.807) is 0 Å². The number of halogens is 5. The van der Waals surface area contributed by atoms with Crippen LogP contribution < -0.4 is 4.31 Å². The van der Waals surface area contributed by atoms with Crippen molar-refractivity contribution in [2.75, 3.05) is 17.5 Å². The Kier molecular flexibility index (Phi) is 6.76. The van der Waals surface area contributed by atoms with E-state index in [9.17, 15) is 35.2 Å². The Morgan fingerprint density at radius 1 is 1.06 bits per heavy atom. The van der Waals surface area contributed by atoms with Crippen LogP contribution in [0.1, 0.15) is 11.1 Å². The highest BCUT2D eigenvalue weighted by molar-refractivity contribution is 7.92. The molecule has 0 bridgehead atoms. The van der Waals surface area contributed by atoms with Crippen LogP contribution in [0.2, 0.25) is 0 Å². The van der Waals surface area contributed by atoms with E-state index < -0.39 is 63.5 Å². The first kappa shape index (κ1) is 25.6. The standard InChI is InChI=1S/C24H18F5NO5S/c25-17-6-7-21(26)20(11-17)14-4-5-15-8-18(35-13-23(31)32)12-30(22(15)9-14)36(33,34)19-3-1-2-16(10-19)24(27,28)29/h1-7,9-11,18H,8,12-13H2,(H,31,32)/t18-/m1/s1. The van der Waals surface area contributed by atoms with Crippen LogP contribution in [0.4, 0.5) is 27.6 Å². The summed E-state index contributed by atoms with van der Waals surface area (Å²) in [5, 5.41) is 8.93. The molecule has 12 heteroatoms. The van der Waals surface area contributed by atoms with Gasteiger partial charge in [-0.25, -0.2) is 22.0 Å². The molecule has 3 aromatic carbocycles. The Bertz CT molecular complexity index is 1420. The Morgan fingerprint density at radius 2 is 1.81 bits per heavy atom. The highest BCUT2D eigenvalue weighted by atomic mass is 32.2. The fraction of sp³-hybridized carbons (Fsp3) is 0.208. The average Bonchev–Trinajstić information content (AvgIpc) is 2.83. The minimum Gasteiger partial charge on any atom is -0.480 e.